The van der Waals surface area contributed by atoms with Crippen LogP contribution < -0.4 is 0 Å². The summed E-state index contributed by atoms with van der Waals surface area (Å²) in [4.78, 5) is 0. The molecule has 2 aliphatic carbocycles. The van der Waals surface area contributed by atoms with Gasteiger partial charge in [0.1, 0.15) is 0 Å². The van der Waals surface area contributed by atoms with Crippen molar-refractivity contribution in [3.63, 3.8) is 0 Å². The van der Waals surface area contributed by atoms with Gasteiger partial charge in [-0.3, -0.25) is 0 Å². The van der Waals surface area contributed by atoms with Gasteiger partial charge in [-0.15, -0.1) is 6.58 Å². The topological polar surface area (TPSA) is 0 Å². The van der Waals surface area contributed by atoms with E-state index in [1.54, 1.807) is 0 Å². The smallest absolute Gasteiger partial charge is 0.0146 e. The van der Waals surface area contributed by atoms with Crippen molar-refractivity contribution in [2.75, 3.05) is 0 Å². The highest BCUT2D eigenvalue weighted by molar-refractivity contribution is 5.09. The zero-order valence-electron chi connectivity index (χ0n) is 7.69. The number of hydrogen-bond donors (Lipinski definition) is 0. The molecule has 0 bridgehead atoms. The Balaban J connectivity index is 2.08. The molecule has 0 aromatic heterocycles. The minimum Gasteiger partial charge on any atom is -0.103 e. The van der Waals surface area contributed by atoms with Gasteiger partial charge in [-0.2, -0.15) is 0 Å². The Morgan fingerprint density at radius 3 is 2.55 bits per heavy atom. The van der Waals surface area contributed by atoms with E-state index in [1.807, 2.05) is 0 Å². The summed E-state index contributed by atoms with van der Waals surface area (Å²) in [7, 11) is 0. The van der Waals surface area contributed by atoms with Crippen molar-refractivity contribution in [1.82, 2.24) is 0 Å². The maximum Gasteiger partial charge on any atom is -0.0146 e. The fourth-order valence-corrected chi connectivity index (χ4v) is 2.55. The van der Waals surface area contributed by atoms with Crippen LogP contribution in [0.15, 0.2) is 12.7 Å². The van der Waals surface area contributed by atoms with Crippen LogP contribution in [0.3, 0.4) is 0 Å². The zero-order chi connectivity index (χ0) is 8.11. The van der Waals surface area contributed by atoms with Gasteiger partial charge in [-0.25, -0.2) is 0 Å². The van der Waals surface area contributed by atoms with Crippen molar-refractivity contribution in [3.8, 4) is 0 Å². The summed E-state index contributed by atoms with van der Waals surface area (Å²) in [6.07, 6.45) is 7.85. The van der Waals surface area contributed by atoms with E-state index in [1.165, 1.54) is 25.7 Å². The molecule has 2 rings (SSSR count). The molecule has 0 nitrogen and oxygen atoms in total. The largest absolute Gasteiger partial charge is 0.103 e. The molecule has 0 heterocycles. The lowest BCUT2D eigenvalue weighted by Crippen LogP contribution is -2.21. The van der Waals surface area contributed by atoms with Crippen molar-refractivity contribution in [2.24, 2.45) is 16.7 Å². The van der Waals surface area contributed by atoms with Crippen LogP contribution in [-0.4, -0.2) is 0 Å². The maximum atomic E-state index is 3.93. The predicted molar refractivity (Wildman–Crippen MR) is 48.4 cm³/mol. The van der Waals surface area contributed by atoms with Crippen LogP contribution in [-0.2, 0) is 0 Å². The minimum absolute atomic E-state index is 0.473. The molecule has 0 spiro atoms. The molecule has 0 saturated heterocycles. The van der Waals surface area contributed by atoms with E-state index in [9.17, 15) is 0 Å². The highest BCUT2D eigenvalue weighted by Crippen LogP contribution is 2.65. The monoisotopic (exact) mass is 150 g/mol. The van der Waals surface area contributed by atoms with E-state index in [2.05, 4.69) is 26.5 Å². The molecule has 0 amide bonds. The van der Waals surface area contributed by atoms with Crippen LogP contribution >= 0.6 is 0 Å². The van der Waals surface area contributed by atoms with Gasteiger partial charge >= 0.3 is 0 Å². The Morgan fingerprint density at radius 1 is 1.27 bits per heavy atom. The first kappa shape index (κ1) is 7.39. The summed E-state index contributed by atoms with van der Waals surface area (Å²) in [6.45, 7) is 8.74. The molecule has 0 aliphatic heterocycles. The fourth-order valence-electron chi connectivity index (χ4n) is 2.55. The van der Waals surface area contributed by atoms with Gasteiger partial charge in [0.25, 0.3) is 0 Å². The number of allylic oxidation sites excluding steroid dienone is 1. The minimum atomic E-state index is 0.473. The summed E-state index contributed by atoms with van der Waals surface area (Å²) < 4.78 is 0. The molecule has 2 saturated carbocycles. The molecule has 62 valence electrons. The van der Waals surface area contributed by atoms with Crippen molar-refractivity contribution < 1.29 is 0 Å². The standard InChI is InChI=1S/C11H18/c1-4-10(2)5-6-11(3)8-9(11)7-10/h4,9H,1,5-8H2,2-3H3. The summed E-state index contributed by atoms with van der Waals surface area (Å²) in [5, 5.41) is 0. The van der Waals surface area contributed by atoms with Crippen LogP contribution in [0.4, 0.5) is 0 Å². The van der Waals surface area contributed by atoms with Crippen LogP contribution in [0.25, 0.3) is 0 Å². The zero-order valence-corrected chi connectivity index (χ0v) is 7.69. The predicted octanol–water partition coefficient (Wildman–Crippen LogP) is 3.39. The third-order valence-corrected chi connectivity index (χ3v) is 4.01. The molecule has 2 aliphatic rings. The summed E-state index contributed by atoms with van der Waals surface area (Å²) >= 11 is 0. The van der Waals surface area contributed by atoms with E-state index in [0.29, 0.717) is 5.41 Å². The Bertz CT molecular complexity index is 194. The number of fused-ring (bicyclic) bond motifs is 1. The molecule has 3 atom stereocenters. The van der Waals surface area contributed by atoms with E-state index >= 15 is 0 Å². The van der Waals surface area contributed by atoms with Gasteiger partial charge in [0.05, 0.1) is 0 Å². The fraction of sp³-hybridized carbons (Fsp3) is 0.818. The number of hydrogen-bond acceptors (Lipinski definition) is 0. The van der Waals surface area contributed by atoms with E-state index in [-0.39, 0.29) is 0 Å². The SMILES string of the molecule is C=CC1(C)CCC2(C)CC2C1. The van der Waals surface area contributed by atoms with Crippen LogP contribution in [0.2, 0.25) is 0 Å². The second-order valence-electron chi connectivity index (χ2n) is 5.12. The molecule has 0 aromatic carbocycles. The van der Waals surface area contributed by atoms with Gasteiger partial charge in [0.2, 0.25) is 0 Å². The van der Waals surface area contributed by atoms with E-state index < -0.39 is 0 Å². The molecule has 11 heavy (non-hydrogen) atoms. The van der Waals surface area contributed by atoms with Crippen LogP contribution in [0.1, 0.15) is 39.5 Å². The summed E-state index contributed by atoms with van der Waals surface area (Å²) in [5.74, 6) is 1.03. The Kier molecular flexibility index (Phi) is 1.28. The lowest BCUT2D eigenvalue weighted by Gasteiger charge is -2.32. The van der Waals surface area contributed by atoms with E-state index in [4.69, 9.17) is 0 Å². The van der Waals surface area contributed by atoms with Crippen molar-refractivity contribution in [1.29, 1.82) is 0 Å². The highest BCUT2D eigenvalue weighted by Gasteiger charge is 2.54. The first-order valence-corrected chi connectivity index (χ1v) is 4.72. The van der Waals surface area contributed by atoms with Gasteiger partial charge in [-0.1, -0.05) is 19.9 Å². The normalized spacial score (nSPS) is 54.9. The Morgan fingerprint density at radius 2 is 2.00 bits per heavy atom. The van der Waals surface area contributed by atoms with Crippen molar-refractivity contribution in [2.45, 2.75) is 39.5 Å². The summed E-state index contributed by atoms with van der Waals surface area (Å²) in [6, 6.07) is 0. The maximum absolute atomic E-state index is 3.93. The molecule has 0 N–H and O–H groups in total. The van der Waals surface area contributed by atoms with Crippen LogP contribution in [0, 0.1) is 16.7 Å². The van der Waals surface area contributed by atoms with E-state index in [0.717, 1.165) is 11.3 Å². The molecule has 0 aromatic rings. The van der Waals surface area contributed by atoms with Gasteiger partial charge in [0.15, 0.2) is 0 Å². The lowest BCUT2D eigenvalue weighted by molar-refractivity contribution is 0.225. The van der Waals surface area contributed by atoms with Gasteiger partial charge in [-0.05, 0) is 42.4 Å². The molecule has 0 heteroatoms. The van der Waals surface area contributed by atoms with Gasteiger partial charge in [0, 0.05) is 0 Å². The Labute approximate surface area is 69.7 Å². The molecular formula is C11H18. The third kappa shape index (κ3) is 1.04. The second-order valence-corrected chi connectivity index (χ2v) is 5.12. The quantitative estimate of drug-likeness (QED) is 0.503. The second kappa shape index (κ2) is 1.91. The van der Waals surface area contributed by atoms with Gasteiger partial charge < -0.3 is 0 Å². The average Bonchev–Trinajstić information content (AvgIpc) is 2.61. The highest BCUT2D eigenvalue weighted by atomic mass is 14.6. The lowest BCUT2D eigenvalue weighted by atomic mass is 9.72. The van der Waals surface area contributed by atoms with Crippen molar-refractivity contribution in [3.05, 3.63) is 12.7 Å². The molecule has 3 unspecified atom stereocenters. The first-order chi connectivity index (χ1) is 5.08. The average molecular weight is 150 g/mol. The summed E-state index contributed by atoms with van der Waals surface area (Å²) in [5.41, 5.74) is 1.23. The third-order valence-electron chi connectivity index (χ3n) is 4.01. The molecule has 0 radical (unpaired) electrons. The van der Waals surface area contributed by atoms with Crippen LogP contribution in [0.5, 0.6) is 0 Å². The Hall–Kier alpha value is -0.260. The first-order valence-electron chi connectivity index (χ1n) is 4.72. The van der Waals surface area contributed by atoms with Crippen molar-refractivity contribution >= 4 is 0 Å². The number of rotatable bonds is 1. The molecule has 2 fully saturated rings. The molecular weight excluding hydrogens is 132 g/mol.